The number of nitrogens with two attached hydrogens (primary N) is 1. The van der Waals surface area contributed by atoms with E-state index >= 15 is 0 Å². The van der Waals surface area contributed by atoms with Crippen molar-refractivity contribution in [1.82, 2.24) is 4.72 Å². The van der Waals surface area contributed by atoms with Crippen LogP contribution >= 0.6 is 12.2 Å². The molecular formula is C12H13F3N2O2S2. The molecule has 0 amide bonds. The van der Waals surface area contributed by atoms with Crippen molar-refractivity contribution in [2.45, 2.75) is 30.0 Å². The van der Waals surface area contributed by atoms with Gasteiger partial charge >= 0.3 is 6.18 Å². The maximum atomic E-state index is 12.6. The van der Waals surface area contributed by atoms with Crippen molar-refractivity contribution in [2.75, 3.05) is 0 Å². The number of nitrogens with one attached hydrogen (secondary N) is 1. The van der Waals surface area contributed by atoms with Gasteiger partial charge in [-0.05, 0) is 37.0 Å². The fraction of sp³-hybridized carbons (Fsp3) is 0.417. The first-order valence-electron chi connectivity index (χ1n) is 6.10. The molecule has 0 aromatic heterocycles. The van der Waals surface area contributed by atoms with Crippen molar-refractivity contribution in [3.8, 4) is 0 Å². The van der Waals surface area contributed by atoms with Gasteiger partial charge in [-0.3, -0.25) is 0 Å². The van der Waals surface area contributed by atoms with E-state index in [1.807, 2.05) is 0 Å². The number of rotatable bonds is 5. The third kappa shape index (κ3) is 3.92. The summed E-state index contributed by atoms with van der Waals surface area (Å²) in [6.07, 6.45) is -3.04. The van der Waals surface area contributed by atoms with Crippen molar-refractivity contribution in [3.05, 3.63) is 29.8 Å². The smallest absolute Gasteiger partial charge is 0.392 e. The number of alkyl halides is 3. The first-order chi connectivity index (χ1) is 9.61. The van der Waals surface area contributed by atoms with Gasteiger partial charge in [0.05, 0.1) is 21.5 Å². The van der Waals surface area contributed by atoms with E-state index in [0.717, 1.165) is 31.0 Å². The molecule has 1 aromatic rings. The molecule has 116 valence electrons. The topological polar surface area (TPSA) is 72.2 Å². The normalized spacial score (nSPS) is 17.5. The molecule has 1 fully saturated rings. The first-order valence-corrected chi connectivity index (χ1v) is 7.99. The van der Waals surface area contributed by atoms with Crippen LogP contribution in [-0.4, -0.2) is 19.4 Å². The summed E-state index contributed by atoms with van der Waals surface area (Å²) in [4.78, 5) is -0.465. The summed E-state index contributed by atoms with van der Waals surface area (Å²) < 4.78 is 64.5. The standard InChI is InChI=1S/C12H13F3N2O2S2/c13-12(14,15)8-2-1-3-9(6-8)21(18,19)17-10(11(16)20)7-4-5-7/h1-3,6-7,10,17H,4-5H2,(H2,16,20). The minimum absolute atomic E-state index is 0.00643. The lowest BCUT2D eigenvalue weighted by molar-refractivity contribution is -0.137. The number of halogens is 3. The molecule has 0 bridgehead atoms. The predicted molar refractivity (Wildman–Crippen MR) is 75.1 cm³/mol. The summed E-state index contributed by atoms with van der Waals surface area (Å²) >= 11 is 4.81. The van der Waals surface area contributed by atoms with Gasteiger partial charge in [-0.2, -0.15) is 13.2 Å². The van der Waals surface area contributed by atoms with Crippen molar-refractivity contribution >= 4 is 27.2 Å². The molecule has 21 heavy (non-hydrogen) atoms. The van der Waals surface area contributed by atoms with Crippen LogP contribution in [0.3, 0.4) is 0 Å². The Labute approximate surface area is 125 Å². The van der Waals surface area contributed by atoms with Gasteiger partial charge in [0.2, 0.25) is 10.0 Å². The minimum Gasteiger partial charge on any atom is -0.392 e. The quantitative estimate of drug-likeness (QED) is 0.806. The lowest BCUT2D eigenvalue weighted by Gasteiger charge is -2.17. The highest BCUT2D eigenvalue weighted by molar-refractivity contribution is 7.89. The molecule has 9 heteroatoms. The van der Waals surface area contributed by atoms with Gasteiger partial charge in [-0.1, -0.05) is 18.3 Å². The van der Waals surface area contributed by atoms with Crippen LogP contribution in [0.2, 0.25) is 0 Å². The highest BCUT2D eigenvalue weighted by atomic mass is 32.2. The van der Waals surface area contributed by atoms with Gasteiger partial charge in [0.15, 0.2) is 0 Å². The van der Waals surface area contributed by atoms with Gasteiger partial charge < -0.3 is 5.73 Å². The fourth-order valence-corrected chi connectivity index (χ4v) is 3.55. The van der Waals surface area contributed by atoms with Crippen LogP contribution in [0, 0.1) is 5.92 Å². The molecule has 1 aromatic carbocycles. The number of sulfonamides is 1. The molecule has 1 saturated carbocycles. The zero-order valence-electron chi connectivity index (χ0n) is 10.7. The molecule has 1 unspecified atom stereocenters. The second-order valence-corrected chi connectivity index (χ2v) is 7.05. The molecular weight excluding hydrogens is 325 g/mol. The van der Waals surface area contributed by atoms with Crippen LogP contribution in [0.15, 0.2) is 29.2 Å². The number of thiocarbonyl (C=S) groups is 1. The third-order valence-corrected chi connectivity index (χ3v) is 4.85. The van der Waals surface area contributed by atoms with E-state index in [1.54, 1.807) is 0 Å². The lowest BCUT2D eigenvalue weighted by Crippen LogP contribution is -2.44. The molecule has 1 aliphatic rings. The fourth-order valence-electron chi connectivity index (χ4n) is 1.89. The molecule has 1 aliphatic carbocycles. The van der Waals surface area contributed by atoms with Gasteiger partial charge in [-0.15, -0.1) is 0 Å². The van der Waals surface area contributed by atoms with E-state index in [0.29, 0.717) is 6.07 Å². The van der Waals surface area contributed by atoms with Gasteiger partial charge in [-0.25, -0.2) is 13.1 Å². The Kier molecular flexibility index (Phi) is 4.27. The van der Waals surface area contributed by atoms with Crippen LogP contribution in [0.1, 0.15) is 18.4 Å². The Morgan fingerprint density at radius 3 is 2.48 bits per heavy atom. The Morgan fingerprint density at radius 1 is 1.38 bits per heavy atom. The number of hydrogen-bond acceptors (Lipinski definition) is 3. The average Bonchev–Trinajstić information content (AvgIpc) is 3.19. The second kappa shape index (κ2) is 5.54. The van der Waals surface area contributed by atoms with E-state index in [1.165, 1.54) is 0 Å². The summed E-state index contributed by atoms with van der Waals surface area (Å²) in [7, 11) is -4.11. The zero-order valence-corrected chi connectivity index (χ0v) is 12.4. The third-order valence-electron chi connectivity index (χ3n) is 3.15. The van der Waals surface area contributed by atoms with E-state index < -0.39 is 32.7 Å². The molecule has 0 saturated heterocycles. The SMILES string of the molecule is NC(=S)C(NS(=O)(=O)c1cccc(C(F)(F)F)c1)C1CC1. The summed E-state index contributed by atoms with van der Waals surface area (Å²) in [5.41, 5.74) is 4.46. The maximum Gasteiger partial charge on any atom is 0.416 e. The summed E-state index contributed by atoms with van der Waals surface area (Å²) in [6, 6.07) is 2.82. The first kappa shape index (κ1) is 16.2. The largest absolute Gasteiger partial charge is 0.416 e. The molecule has 0 radical (unpaired) electrons. The van der Waals surface area contributed by atoms with Gasteiger partial charge in [0, 0.05) is 0 Å². The maximum absolute atomic E-state index is 12.6. The Bertz CT molecular complexity index is 655. The van der Waals surface area contributed by atoms with E-state index in [-0.39, 0.29) is 10.9 Å². The molecule has 0 heterocycles. The van der Waals surface area contributed by atoms with Gasteiger partial charge in [0.25, 0.3) is 0 Å². The zero-order chi connectivity index (χ0) is 15.8. The van der Waals surface area contributed by atoms with E-state index in [2.05, 4.69) is 4.72 Å². The lowest BCUT2D eigenvalue weighted by atomic mass is 10.2. The number of benzene rings is 1. The molecule has 4 nitrogen and oxygen atoms in total. The van der Waals surface area contributed by atoms with Gasteiger partial charge in [0.1, 0.15) is 0 Å². The Morgan fingerprint density at radius 2 is 2.00 bits per heavy atom. The molecule has 2 rings (SSSR count). The van der Waals surface area contributed by atoms with Crippen LogP contribution in [-0.2, 0) is 16.2 Å². The highest BCUT2D eigenvalue weighted by Gasteiger charge is 2.37. The molecule has 0 spiro atoms. The van der Waals surface area contributed by atoms with Crippen LogP contribution < -0.4 is 10.5 Å². The van der Waals surface area contributed by atoms with Crippen molar-refractivity contribution in [1.29, 1.82) is 0 Å². The van der Waals surface area contributed by atoms with Crippen LogP contribution in [0.4, 0.5) is 13.2 Å². The van der Waals surface area contributed by atoms with E-state index in [4.69, 9.17) is 18.0 Å². The van der Waals surface area contributed by atoms with Crippen molar-refractivity contribution in [2.24, 2.45) is 11.7 Å². The summed E-state index contributed by atoms with van der Waals surface area (Å²) in [5, 5.41) is 0. The van der Waals surface area contributed by atoms with Crippen LogP contribution in [0.5, 0.6) is 0 Å². The minimum atomic E-state index is -4.61. The number of hydrogen-bond donors (Lipinski definition) is 2. The Balaban J connectivity index is 2.29. The second-order valence-electron chi connectivity index (χ2n) is 4.86. The molecule has 1 atom stereocenters. The average molecular weight is 338 g/mol. The van der Waals surface area contributed by atoms with Crippen molar-refractivity contribution in [3.63, 3.8) is 0 Å². The van der Waals surface area contributed by atoms with E-state index in [9.17, 15) is 21.6 Å². The summed E-state index contributed by atoms with van der Waals surface area (Å²) in [5.74, 6) is 0.0167. The monoisotopic (exact) mass is 338 g/mol. The predicted octanol–water partition coefficient (Wildman–Crippen LogP) is 2.05. The van der Waals surface area contributed by atoms with Crippen LogP contribution in [0.25, 0.3) is 0 Å². The van der Waals surface area contributed by atoms with Crippen molar-refractivity contribution < 1.29 is 21.6 Å². The molecule has 3 N–H and O–H groups in total. The Hall–Kier alpha value is -1.19. The molecule has 0 aliphatic heterocycles. The summed E-state index contributed by atoms with van der Waals surface area (Å²) in [6.45, 7) is 0. The highest BCUT2D eigenvalue weighted by Crippen LogP contribution is 2.34.